The van der Waals surface area contributed by atoms with Crippen LogP contribution >= 0.6 is 0 Å². The van der Waals surface area contributed by atoms with Gasteiger partial charge in [0.2, 0.25) is 0 Å². The summed E-state index contributed by atoms with van der Waals surface area (Å²) in [5, 5.41) is 28.0. The van der Waals surface area contributed by atoms with Gasteiger partial charge in [-0.3, -0.25) is 4.90 Å². The summed E-state index contributed by atoms with van der Waals surface area (Å²) in [6.07, 6.45) is -2.80. The standard InChI is InChI=1S/C10H19NO5/c1-10(2,3)16-9(15)11-4-7(13)8(14)6(11)5-12/h6-8,12-14H,4-5H2,1-3H3/t6-,7+,8-/m0/s1. The van der Waals surface area contributed by atoms with Gasteiger partial charge in [-0.2, -0.15) is 0 Å². The number of amides is 1. The summed E-state index contributed by atoms with van der Waals surface area (Å²) in [5.74, 6) is 0. The molecule has 0 aromatic carbocycles. The molecule has 1 rings (SSSR count). The van der Waals surface area contributed by atoms with Crippen molar-refractivity contribution >= 4 is 6.09 Å². The lowest BCUT2D eigenvalue weighted by Gasteiger charge is -2.28. The topological polar surface area (TPSA) is 90.2 Å². The Morgan fingerprint density at radius 3 is 2.44 bits per heavy atom. The van der Waals surface area contributed by atoms with Crippen LogP contribution in [0.2, 0.25) is 0 Å². The van der Waals surface area contributed by atoms with Crippen LogP contribution < -0.4 is 0 Å². The number of carbonyl (C=O) groups is 1. The van der Waals surface area contributed by atoms with E-state index in [1.54, 1.807) is 20.8 Å². The maximum atomic E-state index is 11.7. The molecule has 0 aliphatic carbocycles. The Hall–Kier alpha value is -0.850. The van der Waals surface area contributed by atoms with Crippen LogP contribution in [0.25, 0.3) is 0 Å². The Labute approximate surface area is 94.4 Å². The molecule has 3 atom stereocenters. The van der Waals surface area contributed by atoms with Gasteiger partial charge in [0.05, 0.1) is 25.3 Å². The predicted octanol–water partition coefficient (Wildman–Crippen LogP) is -0.680. The van der Waals surface area contributed by atoms with Crippen LogP contribution in [0.3, 0.4) is 0 Å². The van der Waals surface area contributed by atoms with Gasteiger partial charge in [0.25, 0.3) is 0 Å². The van der Waals surface area contributed by atoms with E-state index in [-0.39, 0.29) is 6.54 Å². The summed E-state index contributed by atoms with van der Waals surface area (Å²) >= 11 is 0. The van der Waals surface area contributed by atoms with Crippen LogP contribution in [0.5, 0.6) is 0 Å². The number of aliphatic hydroxyl groups is 3. The first-order chi connectivity index (χ1) is 7.26. The van der Waals surface area contributed by atoms with Gasteiger partial charge in [-0.25, -0.2) is 4.79 Å². The van der Waals surface area contributed by atoms with Crippen molar-refractivity contribution in [1.82, 2.24) is 4.90 Å². The third kappa shape index (κ3) is 2.84. The van der Waals surface area contributed by atoms with Crippen molar-refractivity contribution in [2.45, 2.75) is 44.6 Å². The fourth-order valence-corrected chi connectivity index (χ4v) is 1.62. The van der Waals surface area contributed by atoms with Crippen LogP contribution in [0.15, 0.2) is 0 Å². The Morgan fingerprint density at radius 1 is 1.44 bits per heavy atom. The van der Waals surface area contributed by atoms with Gasteiger partial charge in [0.1, 0.15) is 11.7 Å². The minimum Gasteiger partial charge on any atom is -0.444 e. The number of carbonyl (C=O) groups excluding carboxylic acids is 1. The zero-order valence-corrected chi connectivity index (χ0v) is 9.75. The third-order valence-corrected chi connectivity index (χ3v) is 2.39. The Kier molecular flexibility index (Phi) is 3.77. The first-order valence-corrected chi connectivity index (χ1v) is 5.23. The van der Waals surface area contributed by atoms with Crippen molar-refractivity contribution < 1.29 is 24.9 Å². The average Bonchev–Trinajstić information content (AvgIpc) is 2.40. The minimum atomic E-state index is -1.13. The van der Waals surface area contributed by atoms with E-state index in [4.69, 9.17) is 9.84 Å². The van der Waals surface area contributed by atoms with Crippen LogP contribution in [0, 0.1) is 0 Å². The van der Waals surface area contributed by atoms with Crippen LogP contribution in [-0.4, -0.2) is 63.3 Å². The van der Waals surface area contributed by atoms with E-state index in [2.05, 4.69) is 0 Å². The number of rotatable bonds is 1. The Morgan fingerprint density at radius 2 is 2.00 bits per heavy atom. The number of β-amino-alcohol motifs (C(OH)–C–C–N with tert-alkyl or cyclic N) is 1. The van der Waals surface area contributed by atoms with Crippen LogP contribution in [0.4, 0.5) is 4.79 Å². The number of likely N-dealkylation sites (tertiary alicyclic amines) is 1. The van der Waals surface area contributed by atoms with Gasteiger partial charge >= 0.3 is 6.09 Å². The second kappa shape index (κ2) is 4.57. The number of ether oxygens (including phenoxy) is 1. The Balaban J connectivity index is 2.69. The molecule has 6 heteroatoms. The normalized spacial score (nSPS) is 30.6. The van der Waals surface area contributed by atoms with Crippen LogP contribution in [-0.2, 0) is 4.74 Å². The molecule has 6 nitrogen and oxygen atoms in total. The quantitative estimate of drug-likeness (QED) is 0.558. The second-order valence-corrected chi connectivity index (χ2v) is 4.94. The smallest absolute Gasteiger partial charge is 0.410 e. The fourth-order valence-electron chi connectivity index (χ4n) is 1.62. The van der Waals surface area contributed by atoms with E-state index in [9.17, 15) is 15.0 Å². The average molecular weight is 233 g/mol. The third-order valence-electron chi connectivity index (χ3n) is 2.39. The maximum Gasteiger partial charge on any atom is 0.410 e. The molecule has 0 unspecified atom stereocenters. The van der Waals surface area contributed by atoms with E-state index in [0.29, 0.717) is 0 Å². The maximum absolute atomic E-state index is 11.7. The molecule has 0 spiro atoms. The first kappa shape index (κ1) is 13.2. The van der Waals surface area contributed by atoms with Gasteiger partial charge in [-0.15, -0.1) is 0 Å². The van der Waals surface area contributed by atoms with Crippen molar-refractivity contribution in [3.05, 3.63) is 0 Å². The number of hydrogen-bond acceptors (Lipinski definition) is 5. The lowest BCUT2D eigenvalue weighted by atomic mass is 10.1. The lowest BCUT2D eigenvalue weighted by molar-refractivity contribution is 0.00187. The van der Waals surface area contributed by atoms with Crippen molar-refractivity contribution in [2.24, 2.45) is 0 Å². The van der Waals surface area contributed by atoms with Crippen molar-refractivity contribution in [2.75, 3.05) is 13.2 Å². The highest BCUT2D eigenvalue weighted by Gasteiger charge is 2.43. The largest absolute Gasteiger partial charge is 0.444 e. The summed E-state index contributed by atoms with van der Waals surface area (Å²) in [6, 6.07) is -0.801. The summed E-state index contributed by atoms with van der Waals surface area (Å²) < 4.78 is 5.10. The molecule has 0 saturated carbocycles. The molecule has 1 aliphatic rings. The molecule has 1 saturated heterocycles. The SMILES string of the molecule is CC(C)(C)OC(=O)N1C[C@@H](O)[C@@H](O)[C@@H]1CO. The molecule has 1 amide bonds. The molecule has 1 aliphatic heterocycles. The van der Waals surface area contributed by atoms with Gasteiger partial charge in [-0.05, 0) is 20.8 Å². The second-order valence-electron chi connectivity index (χ2n) is 4.94. The molecule has 0 aromatic rings. The van der Waals surface area contributed by atoms with Crippen molar-refractivity contribution in [1.29, 1.82) is 0 Å². The minimum absolute atomic E-state index is 0.0265. The molecule has 1 fully saturated rings. The highest BCUT2D eigenvalue weighted by Crippen LogP contribution is 2.21. The highest BCUT2D eigenvalue weighted by atomic mass is 16.6. The molecule has 0 radical (unpaired) electrons. The van der Waals surface area contributed by atoms with Gasteiger partial charge < -0.3 is 20.1 Å². The molecule has 3 N–H and O–H groups in total. The summed E-state index contributed by atoms with van der Waals surface area (Å²) in [7, 11) is 0. The van der Waals surface area contributed by atoms with Crippen molar-refractivity contribution in [3.63, 3.8) is 0 Å². The van der Waals surface area contributed by atoms with E-state index in [0.717, 1.165) is 4.90 Å². The first-order valence-electron chi connectivity index (χ1n) is 5.23. The number of hydrogen-bond donors (Lipinski definition) is 3. The molecule has 0 bridgehead atoms. The summed E-state index contributed by atoms with van der Waals surface area (Å²) in [4.78, 5) is 12.8. The molecule has 16 heavy (non-hydrogen) atoms. The van der Waals surface area contributed by atoms with E-state index in [1.165, 1.54) is 0 Å². The van der Waals surface area contributed by atoms with Gasteiger partial charge in [-0.1, -0.05) is 0 Å². The fraction of sp³-hybridized carbons (Fsp3) is 0.900. The zero-order chi connectivity index (χ0) is 12.5. The van der Waals surface area contributed by atoms with E-state index >= 15 is 0 Å². The van der Waals surface area contributed by atoms with Gasteiger partial charge in [0, 0.05) is 0 Å². The molecular weight excluding hydrogens is 214 g/mol. The molecule has 94 valence electrons. The Bertz CT molecular complexity index is 262. The zero-order valence-electron chi connectivity index (χ0n) is 9.75. The monoisotopic (exact) mass is 233 g/mol. The number of aliphatic hydroxyl groups excluding tert-OH is 3. The molecule has 0 aromatic heterocycles. The summed E-state index contributed by atoms with van der Waals surface area (Å²) in [5.41, 5.74) is -0.643. The summed E-state index contributed by atoms with van der Waals surface area (Å²) in [6.45, 7) is 4.74. The van der Waals surface area contributed by atoms with E-state index < -0.39 is 36.6 Å². The van der Waals surface area contributed by atoms with Crippen LogP contribution in [0.1, 0.15) is 20.8 Å². The van der Waals surface area contributed by atoms with Crippen molar-refractivity contribution in [3.8, 4) is 0 Å². The lowest BCUT2D eigenvalue weighted by Crippen LogP contribution is -2.44. The van der Waals surface area contributed by atoms with Gasteiger partial charge in [0.15, 0.2) is 0 Å². The van der Waals surface area contributed by atoms with E-state index in [1.807, 2.05) is 0 Å². The molecular formula is C10H19NO5. The molecule has 1 heterocycles. The number of nitrogens with zero attached hydrogens (tertiary/aromatic N) is 1. The predicted molar refractivity (Wildman–Crippen MR) is 55.8 cm³/mol. The highest BCUT2D eigenvalue weighted by molar-refractivity contribution is 5.69.